The van der Waals surface area contributed by atoms with Crippen LogP contribution in [0.15, 0.2) is 18.2 Å². The maximum absolute atomic E-state index is 5.91. The van der Waals surface area contributed by atoms with Gasteiger partial charge in [0.1, 0.15) is 0 Å². The molecule has 0 spiro atoms. The Bertz CT molecular complexity index is 309. The largest absolute Gasteiger partial charge is 0.397 e. The van der Waals surface area contributed by atoms with Crippen LogP contribution in [0, 0.1) is 6.92 Å². The summed E-state index contributed by atoms with van der Waals surface area (Å²) < 4.78 is 0. The highest BCUT2D eigenvalue weighted by Crippen LogP contribution is 2.24. The van der Waals surface area contributed by atoms with Crippen LogP contribution < -0.4 is 11.5 Å². The number of anilines is 1. The summed E-state index contributed by atoms with van der Waals surface area (Å²) in [5, 5.41) is 0.594. The number of benzene rings is 1. The minimum atomic E-state index is 0.529. The van der Waals surface area contributed by atoms with Crippen LogP contribution in [0.1, 0.15) is 11.1 Å². The van der Waals surface area contributed by atoms with Crippen LogP contribution in [0.4, 0.5) is 5.69 Å². The van der Waals surface area contributed by atoms with E-state index in [0.717, 1.165) is 11.1 Å². The van der Waals surface area contributed by atoms with Crippen LogP contribution in [0.2, 0.25) is 5.02 Å². The lowest BCUT2D eigenvalue weighted by atomic mass is 10.1. The molecule has 13 heavy (non-hydrogen) atoms. The SMILES string of the molecule is Cc1cc(C=CCN)cc(Cl)c1N. The Kier molecular flexibility index (Phi) is 3.34. The van der Waals surface area contributed by atoms with Crippen LogP contribution >= 0.6 is 11.6 Å². The Balaban J connectivity index is 3.06. The fourth-order valence-corrected chi connectivity index (χ4v) is 1.36. The zero-order chi connectivity index (χ0) is 9.84. The third-order valence-corrected chi connectivity index (χ3v) is 2.12. The second-order valence-corrected chi connectivity index (χ2v) is 3.28. The van der Waals surface area contributed by atoms with Gasteiger partial charge in [0, 0.05) is 6.54 Å². The molecule has 1 aromatic carbocycles. The average molecular weight is 197 g/mol. The predicted molar refractivity (Wildman–Crippen MR) is 58.7 cm³/mol. The van der Waals surface area contributed by atoms with Crippen LogP contribution in [0.5, 0.6) is 0 Å². The first-order chi connectivity index (χ1) is 6.15. The molecular formula is C10H13ClN2. The van der Waals surface area contributed by atoms with E-state index >= 15 is 0 Å². The maximum atomic E-state index is 5.91. The van der Waals surface area contributed by atoms with E-state index in [9.17, 15) is 0 Å². The molecule has 1 aromatic rings. The lowest BCUT2D eigenvalue weighted by molar-refractivity contribution is 1.26. The first-order valence-electron chi connectivity index (χ1n) is 4.07. The smallest absolute Gasteiger partial charge is 0.0644 e. The van der Waals surface area contributed by atoms with Gasteiger partial charge in [0.25, 0.3) is 0 Å². The number of nitrogens with two attached hydrogens (primary N) is 2. The van der Waals surface area contributed by atoms with Crippen LogP contribution in [0.25, 0.3) is 6.08 Å². The normalized spacial score (nSPS) is 11.0. The van der Waals surface area contributed by atoms with Crippen molar-refractivity contribution < 1.29 is 0 Å². The molecule has 0 aliphatic heterocycles. The van der Waals surface area contributed by atoms with Crippen molar-refractivity contribution >= 4 is 23.4 Å². The summed E-state index contributed by atoms with van der Waals surface area (Å²) in [6.07, 6.45) is 3.81. The van der Waals surface area contributed by atoms with Gasteiger partial charge in [-0.15, -0.1) is 0 Å². The Morgan fingerprint density at radius 3 is 2.69 bits per heavy atom. The molecule has 1 rings (SSSR count). The van der Waals surface area contributed by atoms with Crippen LogP contribution in [0.3, 0.4) is 0 Å². The van der Waals surface area contributed by atoms with Crippen molar-refractivity contribution in [1.82, 2.24) is 0 Å². The van der Waals surface area contributed by atoms with Crippen LogP contribution in [-0.4, -0.2) is 6.54 Å². The predicted octanol–water partition coefficient (Wildman–Crippen LogP) is 2.20. The average Bonchev–Trinajstić information content (AvgIpc) is 2.10. The summed E-state index contributed by atoms with van der Waals surface area (Å²) in [6.45, 7) is 2.46. The van der Waals surface area contributed by atoms with Gasteiger partial charge in [0.2, 0.25) is 0 Å². The zero-order valence-corrected chi connectivity index (χ0v) is 8.31. The van der Waals surface area contributed by atoms with E-state index < -0.39 is 0 Å². The fourth-order valence-electron chi connectivity index (χ4n) is 1.08. The summed E-state index contributed by atoms with van der Waals surface area (Å²) in [4.78, 5) is 0. The van der Waals surface area contributed by atoms with Gasteiger partial charge in [0.05, 0.1) is 10.7 Å². The number of aryl methyl sites for hydroxylation is 1. The highest BCUT2D eigenvalue weighted by atomic mass is 35.5. The number of hydrogen-bond donors (Lipinski definition) is 2. The maximum Gasteiger partial charge on any atom is 0.0644 e. The van der Waals surface area contributed by atoms with Gasteiger partial charge >= 0.3 is 0 Å². The third kappa shape index (κ3) is 2.47. The summed E-state index contributed by atoms with van der Waals surface area (Å²) in [6, 6.07) is 3.81. The van der Waals surface area contributed by atoms with E-state index in [1.54, 1.807) is 0 Å². The molecule has 2 nitrogen and oxygen atoms in total. The van der Waals surface area contributed by atoms with Gasteiger partial charge in [-0.3, -0.25) is 0 Å². The van der Waals surface area contributed by atoms with Crippen molar-refractivity contribution in [1.29, 1.82) is 0 Å². The molecule has 3 heteroatoms. The lowest BCUT2D eigenvalue weighted by Gasteiger charge is -2.04. The van der Waals surface area contributed by atoms with Gasteiger partial charge in [-0.1, -0.05) is 23.8 Å². The highest BCUT2D eigenvalue weighted by molar-refractivity contribution is 6.33. The van der Waals surface area contributed by atoms with E-state index in [2.05, 4.69) is 0 Å². The van der Waals surface area contributed by atoms with E-state index in [1.807, 2.05) is 31.2 Å². The lowest BCUT2D eigenvalue weighted by Crippen LogP contribution is -1.93. The molecule has 0 atom stereocenters. The molecule has 0 bridgehead atoms. The van der Waals surface area contributed by atoms with E-state index in [0.29, 0.717) is 17.3 Å². The summed E-state index contributed by atoms with van der Waals surface area (Å²) >= 11 is 5.91. The molecule has 70 valence electrons. The standard InChI is InChI=1S/C10H13ClN2/c1-7-5-8(3-2-4-12)6-9(11)10(7)13/h2-3,5-6H,4,12-13H2,1H3. The Morgan fingerprint density at radius 2 is 2.15 bits per heavy atom. The molecule has 0 aliphatic carbocycles. The van der Waals surface area contributed by atoms with Gasteiger partial charge in [0.15, 0.2) is 0 Å². The Hall–Kier alpha value is -0.990. The van der Waals surface area contributed by atoms with Crippen molar-refractivity contribution in [3.05, 3.63) is 34.4 Å². The van der Waals surface area contributed by atoms with E-state index in [4.69, 9.17) is 23.1 Å². The second-order valence-electron chi connectivity index (χ2n) is 2.87. The molecule has 0 radical (unpaired) electrons. The van der Waals surface area contributed by atoms with Crippen molar-refractivity contribution in [2.75, 3.05) is 12.3 Å². The number of halogens is 1. The van der Waals surface area contributed by atoms with Gasteiger partial charge in [-0.2, -0.15) is 0 Å². The molecule has 4 N–H and O–H groups in total. The van der Waals surface area contributed by atoms with Crippen molar-refractivity contribution in [3.63, 3.8) is 0 Å². The van der Waals surface area contributed by atoms with Crippen molar-refractivity contribution in [3.8, 4) is 0 Å². The van der Waals surface area contributed by atoms with E-state index in [1.165, 1.54) is 0 Å². The molecule has 0 unspecified atom stereocenters. The van der Waals surface area contributed by atoms with Crippen molar-refractivity contribution in [2.24, 2.45) is 5.73 Å². The molecule has 0 saturated heterocycles. The van der Waals surface area contributed by atoms with Crippen molar-refractivity contribution in [2.45, 2.75) is 6.92 Å². The zero-order valence-electron chi connectivity index (χ0n) is 7.55. The van der Waals surface area contributed by atoms with Crippen LogP contribution in [-0.2, 0) is 0 Å². The molecule has 0 amide bonds. The Morgan fingerprint density at radius 1 is 1.46 bits per heavy atom. The number of rotatable bonds is 2. The van der Waals surface area contributed by atoms with Gasteiger partial charge < -0.3 is 11.5 Å². The number of hydrogen-bond acceptors (Lipinski definition) is 2. The number of nitrogen functional groups attached to an aromatic ring is 1. The highest BCUT2D eigenvalue weighted by Gasteiger charge is 2.00. The molecule has 0 heterocycles. The molecular weight excluding hydrogens is 184 g/mol. The molecule has 0 fully saturated rings. The van der Waals surface area contributed by atoms with Gasteiger partial charge in [-0.25, -0.2) is 0 Å². The monoisotopic (exact) mass is 196 g/mol. The van der Waals surface area contributed by atoms with Gasteiger partial charge in [-0.05, 0) is 30.2 Å². The summed E-state index contributed by atoms with van der Waals surface area (Å²) in [7, 11) is 0. The first kappa shape index (κ1) is 10.1. The minimum Gasteiger partial charge on any atom is -0.397 e. The third-order valence-electron chi connectivity index (χ3n) is 1.81. The topological polar surface area (TPSA) is 52.0 Å². The molecule has 0 saturated carbocycles. The fraction of sp³-hybridized carbons (Fsp3) is 0.200. The minimum absolute atomic E-state index is 0.529. The molecule has 0 aromatic heterocycles. The second kappa shape index (κ2) is 4.30. The summed E-state index contributed by atoms with van der Waals surface area (Å²) in [5.41, 5.74) is 13.7. The first-order valence-corrected chi connectivity index (χ1v) is 4.45. The Labute approximate surface area is 83.2 Å². The molecule has 0 aliphatic rings. The quantitative estimate of drug-likeness (QED) is 0.713. The van der Waals surface area contributed by atoms with E-state index in [-0.39, 0.29) is 0 Å². The summed E-state index contributed by atoms with van der Waals surface area (Å²) in [5.74, 6) is 0.